The van der Waals surface area contributed by atoms with Gasteiger partial charge in [0.05, 0.1) is 27.7 Å². The summed E-state index contributed by atoms with van der Waals surface area (Å²) in [6, 6.07) is 0. The molecule has 0 bridgehead atoms. The summed E-state index contributed by atoms with van der Waals surface area (Å²) in [7, 11) is 1.17. The van der Waals surface area contributed by atoms with Gasteiger partial charge in [0.2, 0.25) is 0 Å². The molecule has 432 valence electrons. The molecular formula is C63H122NO8P. The van der Waals surface area contributed by atoms with Gasteiger partial charge in [-0.2, -0.15) is 0 Å². The van der Waals surface area contributed by atoms with E-state index in [9.17, 15) is 19.0 Å². The Hall–Kier alpha value is -1.51. The molecule has 0 N–H and O–H groups in total. The number of likely N-dealkylation sites (N-methyl/N-ethyl adjacent to an activating group) is 1. The van der Waals surface area contributed by atoms with E-state index in [1.54, 1.807) is 0 Å². The van der Waals surface area contributed by atoms with E-state index in [1.807, 2.05) is 21.1 Å². The van der Waals surface area contributed by atoms with E-state index in [1.165, 1.54) is 231 Å². The highest BCUT2D eigenvalue weighted by Crippen LogP contribution is 2.38. The Morgan fingerprint density at radius 1 is 0.425 bits per heavy atom. The van der Waals surface area contributed by atoms with Crippen LogP contribution in [0, 0.1) is 0 Å². The van der Waals surface area contributed by atoms with Crippen molar-refractivity contribution in [3.8, 4) is 0 Å². The van der Waals surface area contributed by atoms with Crippen molar-refractivity contribution in [2.75, 3.05) is 47.5 Å². The molecule has 0 spiro atoms. The third kappa shape index (κ3) is 59.6. The largest absolute Gasteiger partial charge is 0.756 e. The van der Waals surface area contributed by atoms with Gasteiger partial charge in [-0.3, -0.25) is 14.2 Å². The number of rotatable bonds is 59. The maximum Gasteiger partial charge on any atom is 0.306 e. The van der Waals surface area contributed by atoms with Crippen molar-refractivity contribution in [2.45, 2.75) is 322 Å². The molecule has 73 heavy (non-hydrogen) atoms. The van der Waals surface area contributed by atoms with Crippen molar-refractivity contribution in [1.29, 1.82) is 0 Å². The molecule has 0 aromatic carbocycles. The van der Waals surface area contributed by atoms with Gasteiger partial charge in [-0.05, 0) is 44.9 Å². The van der Waals surface area contributed by atoms with Gasteiger partial charge in [0.25, 0.3) is 7.82 Å². The first kappa shape index (κ1) is 71.5. The van der Waals surface area contributed by atoms with Gasteiger partial charge in [-0.1, -0.05) is 282 Å². The molecule has 0 aromatic rings. The second-order valence-corrected chi connectivity index (χ2v) is 24.2. The number of unbranched alkanes of at least 4 members (excludes halogenated alkanes) is 41. The minimum Gasteiger partial charge on any atom is -0.756 e. The number of allylic oxidation sites excluding steroid dienone is 4. The van der Waals surface area contributed by atoms with Crippen LogP contribution < -0.4 is 4.89 Å². The fraction of sp³-hybridized carbons (Fsp3) is 0.905. The molecule has 0 heterocycles. The van der Waals surface area contributed by atoms with Crippen LogP contribution in [0.2, 0.25) is 0 Å². The number of hydrogen-bond donors (Lipinski definition) is 0. The predicted octanol–water partition coefficient (Wildman–Crippen LogP) is 19.1. The number of phosphoric ester groups is 1. The smallest absolute Gasteiger partial charge is 0.306 e. The average Bonchev–Trinajstić information content (AvgIpc) is 3.35. The number of carbonyl (C=O) groups excluding carboxylic acids is 2. The predicted molar refractivity (Wildman–Crippen MR) is 310 cm³/mol. The second kappa shape index (κ2) is 55.3. The average molecular weight is 1050 g/mol. The number of quaternary nitrogens is 1. The first-order valence-corrected chi connectivity index (χ1v) is 33.0. The zero-order valence-electron chi connectivity index (χ0n) is 49.1. The van der Waals surface area contributed by atoms with Crippen LogP contribution in [0.15, 0.2) is 24.3 Å². The van der Waals surface area contributed by atoms with Crippen LogP contribution in [0.25, 0.3) is 0 Å². The Balaban J connectivity index is 3.98. The maximum absolute atomic E-state index is 12.8. The highest BCUT2D eigenvalue weighted by molar-refractivity contribution is 7.45. The van der Waals surface area contributed by atoms with Crippen molar-refractivity contribution in [1.82, 2.24) is 0 Å². The summed E-state index contributed by atoms with van der Waals surface area (Å²) in [5.41, 5.74) is 0. The third-order valence-electron chi connectivity index (χ3n) is 14.2. The zero-order valence-corrected chi connectivity index (χ0v) is 50.0. The molecule has 0 fully saturated rings. The lowest BCUT2D eigenvalue weighted by molar-refractivity contribution is -0.870. The molecule has 0 aromatic heterocycles. The summed E-state index contributed by atoms with van der Waals surface area (Å²) in [6.45, 7) is 4.26. The van der Waals surface area contributed by atoms with Gasteiger partial charge in [0.1, 0.15) is 19.8 Å². The standard InChI is InChI=1S/C63H122NO8P/c1-6-8-10-12-14-16-18-20-22-24-25-26-27-28-29-30-31-32-33-34-35-36-37-38-40-41-43-45-47-49-51-53-55-62(65)69-59-61(60-71-73(67,68)70-58-57-64(3,4)5)72-63(66)56-54-52-50-48-46-44-42-39-23-21-19-17-15-13-11-9-7-2/h15,17,21,23,61H,6-14,16,18-20,22,24-60H2,1-5H3/b17-15-,23-21-. The molecule has 0 amide bonds. The minimum atomic E-state index is -4.63. The van der Waals surface area contributed by atoms with Gasteiger partial charge in [-0.25, -0.2) is 0 Å². The Morgan fingerprint density at radius 2 is 0.740 bits per heavy atom. The van der Waals surface area contributed by atoms with Gasteiger partial charge >= 0.3 is 11.9 Å². The van der Waals surface area contributed by atoms with Gasteiger partial charge in [-0.15, -0.1) is 0 Å². The van der Waals surface area contributed by atoms with Gasteiger partial charge in [0, 0.05) is 12.8 Å². The fourth-order valence-electron chi connectivity index (χ4n) is 9.34. The van der Waals surface area contributed by atoms with Crippen LogP contribution in [0.5, 0.6) is 0 Å². The molecule has 0 aliphatic carbocycles. The lowest BCUT2D eigenvalue weighted by atomic mass is 10.0. The lowest BCUT2D eigenvalue weighted by Crippen LogP contribution is -2.37. The normalized spacial score (nSPS) is 13.3. The van der Waals surface area contributed by atoms with Crippen LogP contribution >= 0.6 is 7.82 Å². The van der Waals surface area contributed by atoms with Crippen molar-refractivity contribution in [2.24, 2.45) is 0 Å². The molecule has 2 unspecified atom stereocenters. The fourth-order valence-corrected chi connectivity index (χ4v) is 10.1. The molecule has 0 aliphatic heterocycles. The number of phosphoric acid groups is 1. The van der Waals surface area contributed by atoms with E-state index in [0.29, 0.717) is 17.4 Å². The third-order valence-corrected chi connectivity index (χ3v) is 15.2. The molecule has 9 nitrogen and oxygen atoms in total. The monoisotopic (exact) mass is 1050 g/mol. The molecule has 0 rings (SSSR count). The van der Waals surface area contributed by atoms with Crippen LogP contribution in [0.3, 0.4) is 0 Å². The SMILES string of the molecule is CCCCC/C=C\C/C=C\CCCCCCCCCC(=O)OC(COC(=O)CCCCCCCCCCCCCCCCCCCCCCCCCCCCCCCCCC)COP(=O)([O-])OCC[N+](C)(C)C. The summed E-state index contributed by atoms with van der Waals surface area (Å²) < 4.78 is 34.2. The van der Waals surface area contributed by atoms with Crippen molar-refractivity contribution < 1.29 is 42.1 Å². The quantitative estimate of drug-likeness (QED) is 0.0195. The molecule has 0 saturated heterocycles. The molecule has 0 aliphatic rings. The number of esters is 2. The Kier molecular flexibility index (Phi) is 54.1. The van der Waals surface area contributed by atoms with Crippen LogP contribution in [-0.2, 0) is 32.7 Å². The van der Waals surface area contributed by atoms with Gasteiger partial charge < -0.3 is 27.9 Å². The molecule has 10 heteroatoms. The van der Waals surface area contributed by atoms with Crippen molar-refractivity contribution in [3.63, 3.8) is 0 Å². The highest BCUT2D eigenvalue weighted by atomic mass is 31.2. The first-order chi connectivity index (χ1) is 35.5. The van der Waals surface area contributed by atoms with E-state index in [0.717, 1.165) is 51.4 Å². The summed E-state index contributed by atoms with van der Waals surface area (Å²) in [5, 5.41) is 0. The van der Waals surface area contributed by atoms with Crippen LogP contribution in [0.4, 0.5) is 0 Å². The zero-order chi connectivity index (χ0) is 53.5. The van der Waals surface area contributed by atoms with Crippen LogP contribution in [0.1, 0.15) is 316 Å². The Bertz CT molecular complexity index is 1280. The lowest BCUT2D eigenvalue weighted by Gasteiger charge is -2.28. The topological polar surface area (TPSA) is 111 Å². The van der Waals surface area contributed by atoms with E-state index in [-0.39, 0.29) is 32.0 Å². The first-order valence-electron chi connectivity index (χ1n) is 31.5. The van der Waals surface area contributed by atoms with Crippen molar-refractivity contribution in [3.05, 3.63) is 24.3 Å². The molecular weight excluding hydrogens is 930 g/mol. The number of carbonyl (C=O) groups is 2. The molecule has 0 radical (unpaired) electrons. The van der Waals surface area contributed by atoms with E-state index in [4.69, 9.17) is 18.5 Å². The Labute approximate surface area is 453 Å². The van der Waals surface area contributed by atoms with Crippen molar-refractivity contribution >= 4 is 19.8 Å². The van der Waals surface area contributed by atoms with Gasteiger partial charge in [0.15, 0.2) is 6.10 Å². The summed E-state index contributed by atoms with van der Waals surface area (Å²) in [6.07, 6.45) is 66.8. The van der Waals surface area contributed by atoms with E-state index in [2.05, 4.69) is 38.2 Å². The summed E-state index contributed by atoms with van der Waals surface area (Å²) in [5.74, 6) is -0.826. The number of ether oxygens (including phenoxy) is 2. The molecule has 2 atom stereocenters. The van der Waals surface area contributed by atoms with E-state index < -0.39 is 26.5 Å². The summed E-state index contributed by atoms with van der Waals surface area (Å²) >= 11 is 0. The Morgan fingerprint density at radius 3 is 1.11 bits per heavy atom. The molecule has 0 saturated carbocycles. The number of nitrogens with zero attached hydrogens (tertiary/aromatic N) is 1. The second-order valence-electron chi connectivity index (χ2n) is 22.8. The highest BCUT2D eigenvalue weighted by Gasteiger charge is 2.22. The van der Waals surface area contributed by atoms with E-state index >= 15 is 0 Å². The maximum atomic E-state index is 12.8. The number of hydrogen-bond acceptors (Lipinski definition) is 8. The van der Waals surface area contributed by atoms with Crippen LogP contribution in [-0.4, -0.2) is 70.0 Å². The summed E-state index contributed by atoms with van der Waals surface area (Å²) in [4.78, 5) is 37.9. The minimum absolute atomic E-state index is 0.0301.